The quantitative estimate of drug-likeness (QED) is 0.747. The van der Waals surface area contributed by atoms with Crippen LogP contribution in [0, 0.1) is 0 Å². The van der Waals surface area contributed by atoms with Crippen molar-refractivity contribution in [3.63, 3.8) is 0 Å². The van der Waals surface area contributed by atoms with Crippen LogP contribution in [0.1, 0.15) is 15.9 Å². The molecule has 0 aromatic heterocycles. The fourth-order valence-corrected chi connectivity index (χ4v) is 2.02. The predicted molar refractivity (Wildman–Crippen MR) is 86.2 cm³/mol. The number of nitrogens with two attached hydrogens (primary N) is 1. The summed E-state index contributed by atoms with van der Waals surface area (Å²) >= 11 is 5.04. The van der Waals surface area contributed by atoms with Gasteiger partial charge in [-0.1, -0.05) is 6.07 Å². The van der Waals surface area contributed by atoms with Crippen molar-refractivity contribution < 1.29 is 18.0 Å². The maximum absolute atomic E-state index is 12.6. The Morgan fingerprint density at radius 3 is 2.17 bits per heavy atom. The molecule has 0 spiro atoms. The molecule has 0 bridgehead atoms. The maximum Gasteiger partial charge on any atom is 0.416 e. The van der Waals surface area contributed by atoms with E-state index in [1.165, 1.54) is 24.3 Å². The van der Waals surface area contributed by atoms with E-state index < -0.39 is 17.6 Å². The third-order valence-corrected chi connectivity index (χ3v) is 3.08. The Morgan fingerprint density at radius 1 is 1.00 bits per heavy atom. The highest BCUT2D eigenvalue weighted by atomic mass is 32.1. The largest absolute Gasteiger partial charge is 0.416 e. The number of rotatable bonds is 3. The molecule has 4 N–H and O–H groups in total. The lowest BCUT2D eigenvalue weighted by Gasteiger charge is -2.13. The summed E-state index contributed by atoms with van der Waals surface area (Å²) in [5, 5.41) is 5.59. The monoisotopic (exact) mass is 339 g/mol. The van der Waals surface area contributed by atoms with E-state index in [4.69, 9.17) is 18.0 Å². The number of anilines is 2. The number of amides is 1. The third kappa shape index (κ3) is 4.68. The van der Waals surface area contributed by atoms with E-state index in [1.54, 1.807) is 12.1 Å². The number of carbonyl (C=O) groups is 1. The van der Waals surface area contributed by atoms with Gasteiger partial charge in [0.25, 0.3) is 0 Å². The molecule has 0 saturated heterocycles. The molecule has 0 saturated carbocycles. The zero-order valence-corrected chi connectivity index (χ0v) is 12.5. The zero-order chi connectivity index (χ0) is 17.0. The van der Waals surface area contributed by atoms with E-state index in [0.717, 1.165) is 12.1 Å². The molecule has 0 heterocycles. The summed E-state index contributed by atoms with van der Waals surface area (Å²) in [6.45, 7) is 0. The number of benzene rings is 2. The van der Waals surface area contributed by atoms with Gasteiger partial charge in [-0.3, -0.25) is 4.79 Å². The molecule has 23 heavy (non-hydrogen) atoms. The molecule has 2 aromatic rings. The highest BCUT2D eigenvalue weighted by Gasteiger charge is 2.30. The van der Waals surface area contributed by atoms with Crippen molar-refractivity contribution in [1.29, 1.82) is 0 Å². The average molecular weight is 339 g/mol. The number of hydrogen-bond donors (Lipinski definition) is 3. The first kappa shape index (κ1) is 16.8. The van der Waals surface area contributed by atoms with Crippen LogP contribution in [0.4, 0.5) is 24.5 Å². The van der Waals surface area contributed by atoms with Gasteiger partial charge >= 0.3 is 6.18 Å². The van der Waals surface area contributed by atoms with Crippen molar-refractivity contribution in [2.24, 2.45) is 5.73 Å². The number of primary amides is 1. The van der Waals surface area contributed by atoms with Crippen molar-refractivity contribution in [3.05, 3.63) is 59.7 Å². The van der Waals surface area contributed by atoms with Gasteiger partial charge in [-0.2, -0.15) is 13.2 Å². The molecule has 0 aliphatic heterocycles. The van der Waals surface area contributed by atoms with E-state index >= 15 is 0 Å². The van der Waals surface area contributed by atoms with Gasteiger partial charge in [0.1, 0.15) is 0 Å². The van der Waals surface area contributed by atoms with Crippen LogP contribution in [0.15, 0.2) is 48.5 Å². The highest BCUT2D eigenvalue weighted by molar-refractivity contribution is 7.80. The molecular weight excluding hydrogens is 327 g/mol. The Labute approximate surface area is 135 Å². The molecule has 0 aliphatic rings. The van der Waals surface area contributed by atoms with E-state index in [2.05, 4.69) is 10.6 Å². The van der Waals surface area contributed by atoms with Crippen LogP contribution in [0.5, 0.6) is 0 Å². The van der Waals surface area contributed by atoms with Gasteiger partial charge in [-0.15, -0.1) is 0 Å². The second kappa shape index (κ2) is 6.66. The Morgan fingerprint density at radius 2 is 1.61 bits per heavy atom. The highest BCUT2D eigenvalue weighted by Crippen LogP contribution is 2.30. The Kier molecular flexibility index (Phi) is 4.85. The summed E-state index contributed by atoms with van der Waals surface area (Å²) in [6.07, 6.45) is -4.42. The topological polar surface area (TPSA) is 67.2 Å². The van der Waals surface area contributed by atoms with E-state index in [0.29, 0.717) is 11.3 Å². The summed E-state index contributed by atoms with van der Waals surface area (Å²) in [5.41, 5.74) is 5.48. The summed E-state index contributed by atoms with van der Waals surface area (Å²) in [6, 6.07) is 10.9. The number of halogens is 3. The fourth-order valence-electron chi connectivity index (χ4n) is 1.78. The Balaban J connectivity index is 2.03. The van der Waals surface area contributed by atoms with Gasteiger partial charge in [0.15, 0.2) is 5.11 Å². The van der Waals surface area contributed by atoms with Gasteiger partial charge in [0.05, 0.1) is 5.56 Å². The van der Waals surface area contributed by atoms with Crippen LogP contribution < -0.4 is 16.4 Å². The molecule has 0 atom stereocenters. The second-order valence-electron chi connectivity index (χ2n) is 4.60. The molecule has 0 fully saturated rings. The molecule has 8 heteroatoms. The van der Waals surface area contributed by atoms with Crippen LogP contribution >= 0.6 is 12.2 Å². The SMILES string of the molecule is NC(=O)c1ccc(NC(=S)Nc2cccc(C(F)(F)F)c2)cc1. The summed E-state index contributed by atoms with van der Waals surface area (Å²) in [4.78, 5) is 11.0. The normalized spacial score (nSPS) is 10.9. The van der Waals surface area contributed by atoms with Gasteiger partial charge in [0, 0.05) is 16.9 Å². The van der Waals surface area contributed by atoms with Crippen molar-refractivity contribution in [1.82, 2.24) is 0 Å². The van der Waals surface area contributed by atoms with E-state index in [9.17, 15) is 18.0 Å². The van der Waals surface area contributed by atoms with Crippen LogP contribution in [0.25, 0.3) is 0 Å². The smallest absolute Gasteiger partial charge is 0.366 e. The molecule has 0 radical (unpaired) electrons. The standard InChI is InChI=1S/C15H12F3N3OS/c16-15(17,18)10-2-1-3-12(8-10)21-14(23)20-11-6-4-9(5-7-11)13(19)22/h1-8H,(H2,19,22)(H2,20,21,23). The molecular formula is C15H12F3N3OS. The lowest BCUT2D eigenvalue weighted by molar-refractivity contribution is -0.137. The van der Waals surface area contributed by atoms with E-state index in [-0.39, 0.29) is 10.8 Å². The van der Waals surface area contributed by atoms with Gasteiger partial charge in [0.2, 0.25) is 5.91 Å². The van der Waals surface area contributed by atoms with Crippen LogP contribution in [0.2, 0.25) is 0 Å². The second-order valence-corrected chi connectivity index (χ2v) is 5.01. The summed E-state index contributed by atoms with van der Waals surface area (Å²) in [7, 11) is 0. The van der Waals surface area contributed by atoms with Crippen molar-refractivity contribution in [2.75, 3.05) is 10.6 Å². The molecule has 1 amide bonds. The number of nitrogens with one attached hydrogen (secondary N) is 2. The number of alkyl halides is 3. The third-order valence-electron chi connectivity index (χ3n) is 2.88. The maximum atomic E-state index is 12.6. The van der Waals surface area contributed by atoms with E-state index in [1.807, 2.05) is 0 Å². The van der Waals surface area contributed by atoms with Crippen LogP contribution in [0.3, 0.4) is 0 Å². The zero-order valence-electron chi connectivity index (χ0n) is 11.6. The Bertz CT molecular complexity index is 729. The molecule has 2 rings (SSSR count). The fraction of sp³-hybridized carbons (Fsp3) is 0.0667. The summed E-state index contributed by atoms with van der Waals surface area (Å²) in [5.74, 6) is -0.554. The minimum Gasteiger partial charge on any atom is -0.366 e. The molecule has 4 nitrogen and oxygen atoms in total. The average Bonchev–Trinajstić information content (AvgIpc) is 2.47. The van der Waals surface area contributed by atoms with Crippen molar-refractivity contribution in [3.8, 4) is 0 Å². The van der Waals surface area contributed by atoms with Gasteiger partial charge in [-0.25, -0.2) is 0 Å². The lowest BCUT2D eigenvalue weighted by Crippen LogP contribution is -2.19. The van der Waals surface area contributed by atoms with Crippen molar-refractivity contribution >= 4 is 34.6 Å². The number of carbonyl (C=O) groups excluding carboxylic acids is 1. The first-order valence-corrected chi connectivity index (χ1v) is 6.81. The molecule has 2 aromatic carbocycles. The van der Waals surface area contributed by atoms with Gasteiger partial charge in [-0.05, 0) is 54.7 Å². The number of hydrogen-bond acceptors (Lipinski definition) is 2. The van der Waals surface area contributed by atoms with Crippen LogP contribution in [-0.2, 0) is 6.18 Å². The Hall–Kier alpha value is -2.61. The molecule has 120 valence electrons. The molecule has 0 unspecified atom stereocenters. The first-order valence-electron chi connectivity index (χ1n) is 6.41. The summed E-state index contributed by atoms with van der Waals surface area (Å²) < 4.78 is 37.9. The minimum atomic E-state index is -4.42. The molecule has 0 aliphatic carbocycles. The minimum absolute atomic E-state index is 0.121. The number of thiocarbonyl (C=S) groups is 1. The van der Waals surface area contributed by atoms with Gasteiger partial charge < -0.3 is 16.4 Å². The predicted octanol–water partition coefficient (Wildman–Crippen LogP) is 3.61. The first-order chi connectivity index (χ1) is 10.8. The lowest BCUT2D eigenvalue weighted by atomic mass is 10.2. The van der Waals surface area contributed by atoms with Crippen molar-refractivity contribution in [2.45, 2.75) is 6.18 Å². The van der Waals surface area contributed by atoms with Crippen LogP contribution in [-0.4, -0.2) is 11.0 Å².